The van der Waals surface area contributed by atoms with Crippen LogP contribution in [0.15, 0.2) is 78.9 Å². The number of para-hydroxylation sites is 1. The van der Waals surface area contributed by atoms with E-state index >= 15 is 0 Å². The molecule has 0 aliphatic rings. The van der Waals surface area contributed by atoms with E-state index in [1.807, 2.05) is 44.2 Å². The van der Waals surface area contributed by atoms with Crippen molar-refractivity contribution in [1.82, 2.24) is 10.2 Å². The van der Waals surface area contributed by atoms with Crippen molar-refractivity contribution < 1.29 is 23.5 Å². The van der Waals surface area contributed by atoms with Crippen LogP contribution in [0.3, 0.4) is 0 Å². The third-order valence-corrected chi connectivity index (χ3v) is 6.11. The monoisotopic (exact) mass is 540 g/mol. The second kappa shape index (κ2) is 15.1. The van der Waals surface area contributed by atoms with Gasteiger partial charge in [-0.3, -0.25) is 9.59 Å². The van der Waals surface area contributed by atoms with Crippen LogP contribution in [0, 0.1) is 5.82 Å². The summed E-state index contributed by atoms with van der Waals surface area (Å²) in [5.74, 6) is -0.686. The van der Waals surface area contributed by atoms with Crippen LogP contribution in [0.25, 0.3) is 0 Å². The zero-order chi connectivity index (χ0) is 27.3. The zero-order valence-electron chi connectivity index (χ0n) is 21.7. The Labute approximate surface area is 228 Å². The molecule has 0 spiro atoms. The Bertz CT molecular complexity index is 1160. The molecule has 0 saturated carbocycles. The molecular weight excluding hydrogens is 507 g/mol. The highest BCUT2D eigenvalue weighted by atomic mass is 35.5. The van der Waals surface area contributed by atoms with Gasteiger partial charge in [0.1, 0.15) is 17.6 Å². The molecule has 3 aromatic rings. The second-order valence-electron chi connectivity index (χ2n) is 9.14. The van der Waals surface area contributed by atoms with Crippen LogP contribution in [0.4, 0.5) is 4.39 Å². The van der Waals surface area contributed by atoms with Crippen LogP contribution < -0.4 is 10.1 Å². The number of nitrogens with zero attached hydrogens (tertiary/aromatic N) is 1. The van der Waals surface area contributed by atoms with E-state index in [2.05, 4.69) is 5.32 Å². The normalized spacial score (nSPS) is 11.7. The molecule has 0 saturated heterocycles. The van der Waals surface area contributed by atoms with Crippen molar-refractivity contribution in [2.75, 3.05) is 19.8 Å². The molecule has 0 heterocycles. The van der Waals surface area contributed by atoms with E-state index in [0.717, 1.165) is 5.56 Å². The SMILES string of the molecule is CC(C)OCCCNC(=O)[C@H](Cc1ccccc1)N(Cc1ccc(F)cc1)C(=O)COc1ccccc1Cl. The van der Waals surface area contributed by atoms with Crippen LogP contribution in [-0.4, -0.2) is 48.6 Å². The Kier molecular flexibility index (Phi) is 11.6. The molecule has 1 atom stereocenters. The highest BCUT2D eigenvalue weighted by molar-refractivity contribution is 6.32. The lowest BCUT2D eigenvalue weighted by molar-refractivity contribution is -0.142. The Hall–Kier alpha value is -3.42. The number of amides is 2. The number of halogens is 2. The predicted octanol–water partition coefficient (Wildman–Crippen LogP) is 5.43. The second-order valence-corrected chi connectivity index (χ2v) is 9.54. The van der Waals surface area contributed by atoms with Crippen molar-refractivity contribution >= 4 is 23.4 Å². The van der Waals surface area contributed by atoms with Crippen LogP contribution >= 0.6 is 11.6 Å². The van der Waals surface area contributed by atoms with Crippen LogP contribution in [0.2, 0.25) is 5.02 Å². The van der Waals surface area contributed by atoms with E-state index in [0.29, 0.717) is 42.3 Å². The molecule has 202 valence electrons. The average molecular weight is 541 g/mol. The minimum atomic E-state index is -0.823. The lowest BCUT2D eigenvalue weighted by Crippen LogP contribution is -2.52. The van der Waals surface area contributed by atoms with Crippen molar-refractivity contribution in [2.24, 2.45) is 0 Å². The molecule has 0 aliphatic carbocycles. The fourth-order valence-electron chi connectivity index (χ4n) is 3.85. The van der Waals surface area contributed by atoms with E-state index in [1.54, 1.807) is 36.4 Å². The molecule has 2 amide bonds. The van der Waals surface area contributed by atoms with Gasteiger partial charge in [0.15, 0.2) is 6.61 Å². The van der Waals surface area contributed by atoms with Gasteiger partial charge in [0.25, 0.3) is 5.91 Å². The number of carbonyl (C=O) groups excluding carboxylic acids is 2. The average Bonchev–Trinajstić information content (AvgIpc) is 2.91. The Morgan fingerprint density at radius 3 is 2.32 bits per heavy atom. The molecule has 0 radical (unpaired) electrons. The maximum atomic E-state index is 13.6. The van der Waals surface area contributed by atoms with Crippen molar-refractivity contribution in [2.45, 2.75) is 45.4 Å². The summed E-state index contributed by atoms with van der Waals surface area (Å²) in [4.78, 5) is 28.5. The molecule has 0 unspecified atom stereocenters. The molecule has 0 bridgehead atoms. The molecule has 38 heavy (non-hydrogen) atoms. The van der Waals surface area contributed by atoms with Crippen LogP contribution in [0.5, 0.6) is 5.75 Å². The van der Waals surface area contributed by atoms with Gasteiger partial charge in [-0.25, -0.2) is 4.39 Å². The molecule has 6 nitrogen and oxygen atoms in total. The van der Waals surface area contributed by atoms with Crippen molar-refractivity contribution in [3.8, 4) is 5.75 Å². The highest BCUT2D eigenvalue weighted by Gasteiger charge is 2.30. The predicted molar refractivity (Wildman–Crippen MR) is 147 cm³/mol. The summed E-state index contributed by atoms with van der Waals surface area (Å²) < 4.78 is 24.9. The van der Waals surface area contributed by atoms with Gasteiger partial charge in [-0.15, -0.1) is 0 Å². The van der Waals surface area contributed by atoms with Gasteiger partial charge in [0.05, 0.1) is 11.1 Å². The van der Waals surface area contributed by atoms with Crippen molar-refractivity contribution in [3.63, 3.8) is 0 Å². The third kappa shape index (κ3) is 9.47. The van der Waals surface area contributed by atoms with Gasteiger partial charge in [0, 0.05) is 26.1 Å². The first kappa shape index (κ1) is 29.1. The summed E-state index contributed by atoms with van der Waals surface area (Å²) in [7, 11) is 0. The molecule has 0 fully saturated rings. The van der Waals surface area contributed by atoms with Crippen LogP contribution in [0.1, 0.15) is 31.4 Å². The topological polar surface area (TPSA) is 67.9 Å². The summed E-state index contributed by atoms with van der Waals surface area (Å²) >= 11 is 6.19. The first-order valence-corrected chi connectivity index (χ1v) is 13.1. The fourth-order valence-corrected chi connectivity index (χ4v) is 4.04. The largest absolute Gasteiger partial charge is 0.482 e. The van der Waals surface area contributed by atoms with E-state index in [4.69, 9.17) is 21.1 Å². The smallest absolute Gasteiger partial charge is 0.261 e. The Morgan fingerprint density at radius 2 is 1.63 bits per heavy atom. The minimum absolute atomic E-state index is 0.104. The first-order valence-electron chi connectivity index (χ1n) is 12.7. The number of rotatable bonds is 14. The zero-order valence-corrected chi connectivity index (χ0v) is 22.5. The number of nitrogens with one attached hydrogen (secondary N) is 1. The van der Waals surface area contributed by atoms with E-state index in [9.17, 15) is 14.0 Å². The van der Waals surface area contributed by atoms with Gasteiger partial charge < -0.3 is 19.7 Å². The van der Waals surface area contributed by atoms with Crippen molar-refractivity contribution in [3.05, 3.63) is 101 Å². The van der Waals surface area contributed by atoms with Crippen molar-refractivity contribution in [1.29, 1.82) is 0 Å². The van der Waals surface area contributed by atoms with Gasteiger partial charge >= 0.3 is 0 Å². The third-order valence-electron chi connectivity index (χ3n) is 5.80. The number of hydrogen-bond acceptors (Lipinski definition) is 4. The molecule has 3 aromatic carbocycles. The van der Waals surface area contributed by atoms with Gasteiger partial charge in [0.2, 0.25) is 5.91 Å². The lowest BCUT2D eigenvalue weighted by atomic mass is 10.0. The summed E-state index contributed by atoms with van der Waals surface area (Å²) in [6.45, 7) is 4.63. The standard InChI is InChI=1S/C30H34ClFN2O4/c1-22(2)37-18-8-17-33-30(36)27(19-23-9-4-3-5-10-23)34(20-24-13-15-25(32)16-14-24)29(35)21-38-28-12-7-6-11-26(28)31/h3-7,9-16,22,27H,8,17-21H2,1-2H3,(H,33,36)/t27-/m0/s1. The van der Waals surface area contributed by atoms with E-state index in [1.165, 1.54) is 17.0 Å². The van der Waals surface area contributed by atoms with E-state index < -0.39 is 11.9 Å². The summed E-state index contributed by atoms with van der Waals surface area (Å²) in [5, 5.41) is 3.34. The van der Waals surface area contributed by atoms with Gasteiger partial charge in [-0.1, -0.05) is 66.2 Å². The summed E-state index contributed by atoms with van der Waals surface area (Å²) in [6, 6.07) is 21.4. The van der Waals surface area contributed by atoms with E-state index in [-0.39, 0.29) is 31.0 Å². The number of ether oxygens (including phenoxy) is 2. The number of benzene rings is 3. The Balaban J connectivity index is 1.83. The molecule has 0 aliphatic heterocycles. The highest BCUT2D eigenvalue weighted by Crippen LogP contribution is 2.23. The summed E-state index contributed by atoms with van der Waals surface area (Å²) in [5.41, 5.74) is 1.59. The van der Waals surface area contributed by atoms with Gasteiger partial charge in [-0.2, -0.15) is 0 Å². The van der Waals surface area contributed by atoms with Crippen LogP contribution in [-0.2, 0) is 27.3 Å². The lowest BCUT2D eigenvalue weighted by Gasteiger charge is -2.31. The minimum Gasteiger partial charge on any atom is -0.482 e. The van der Waals surface area contributed by atoms with Gasteiger partial charge in [-0.05, 0) is 55.7 Å². The quantitative estimate of drug-likeness (QED) is 0.277. The first-order chi connectivity index (χ1) is 18.3. The fraction of sp³-hybridized carbons (Fsp3) is 0.333. The number of hydrogen-bond donors (Lipinski definition) is 1. The maximum absolute atomic E-state index is 13.6. The molecule has 8 heteroatoms. The molecular formula is C30H34ClFN2O4. The molecule has 0 aromatic heterocycles. The maximum Gasteiger partial charge on any atom is 0.261 e. The molecule has 1 N–H and O–H groups in total. The summed E-state index contributed by atoms with van der Waals surface area (Å²) in [6.07, 6.45) is 1.05. The molecule has 3 rings (SSSR count). The number of carbonyl (C=O) groups is 2. The Morgan fingerprint density at radius 1 is 0.947 bits per heavy atom.